The van der Waals surface area contributed by atoms with Gasteiger partial charge in [-0.05, 0) is 31.4 Å². The SMILES string of the molecule is CCOc1ccccc1[C@H]1C2=C(CCCC2=O)Nc2nc(SCc3ccccc3)nn21. The number of para-hydroxylation sites is 1. The van der Waals surface area contributed by atoms with Crippen molar-refractivity contribution < 1.29 is 9.53 Å². The summed E-state index contributed by atoms with van der Waals surface area (Å²) >= 11 is 1.60. The number of carbonyl (C=O) groups excluding carboxylic acids is 1. The number of benzene rings is 2. The molecule has 0 bridgehead atoms. The van der Waals surface area contributed by atoms with Gasteiger partial charge in [0.25, 0.3) is 0 Å². The van der Waals surface area contributed by atoms with Crippen molar-refractivity contribution >= 4 is 23.5 Å². The number of thioether (sulfide) groups is 1. The minimum atomic E-state index is -0.333. The van der Waals surface area contributed by atoms with Crippen molar-refractivity contribution in [1.29, 1.82) is 0 Å². The fourth-order valence-electron chi connectivity index (χ4n) is 4.20. The summed E-state index contributed by atoms with van der Waals surface area (Å²) in [5.74, 6) is 2.42. The van der Waals surface area contributed by atoms with Gasteiger partial charge in [0, 0.05) is 29.0 Å². The Labute approximate surface area is 185 Å². The second-order valence-corrected chi connectivity index (χ2v) is 8.55. The molecule has 1 aromatic heterocycles. The third-order valence-corrected chi connectivity index (χ3v) is 6.48. The minimum absolute atomic E-state index is 0.171. The molecule has 158 valence electrons. The second kappa shape index (κ2) is 8.59. The van der Waals surface area contributed by atoms with Crippen LogP contribution in [0.15, 0.2) is 71.0 Å². The van der Waals surface area contributed by atoms with E-state index < -0.39 is 0 Å². The number of carbonyl (C=O) groups is 1. The molecule has 2 aliphatic rings. The number of fused-ring (bicyclic) bond motifs is 1. The number of Topliss-reactive ketones (excluding diaryl/α,β-unsaturated/α-hetero) is 1. The molecule has 1 aliphatic heterocycles. The highest BCUT2D eigenvalue weighted by atomic mass is 32.2. The van der Waals surface area contributed by atoms with E-state index in [9.17, 15) is 4.79 Å². The van der Waals surface area contributed by atoms with Crippen molar-refractivity contribution in [2.24, 2.45) is 0 Å². The van der Waals surface area contributed by atoms with Crippen molar-refractivity contribution in [3.05, 3.63) is 77.0 Å². The van der Waals surface area contributed by atoms with E-state index in [0.29, 0.717) is 24.1 Å². The molecule has 0 radical (unpaired) electrons. The zero-order valence-corrected chi connectivity index (χ0v) is 18.2. The van der Waals surface area contributed by atoms with Crippen molar-refractivity contribution in [1.82, 2.24) is 14.8 Å². The van der Waals surface area contributed by atoms with Crippen LogP contribution in [0.3, 0.4) is 0 Å². The molecule has 0 amide bonds. The summed E-state index contributed by atoms with van der Waals surface area (Å²) in [6, 6.07) is 17.9. The lowest BCUT2D eigenvalue weighted by Gasteiger charge is -2.32. The maximum Gasteiger partial charge on any atom is 0.227 e. The number of hydrogen-bond acceptors (Lipinski definition) is 6. The Morgan fingerprint density at radius 1 is 1.13 bits per heavy atom. The first-order valence-corrected chi connectivity index (χ1v) is 11.6. The van der Waals surface area contributed by atoms with Crippen LogP contribution in [-0.4, -0.2) is 27.2 Å². The second-order valence-electron chi connectivity index (χ2n) is 7.60. The number of allylic oxidation sites excluding steroid dienone is 2. The van der Waals surface area contributed by atoms with Gasteiger partial charge >= 0.3 is 0 Å². The summed E-state index contributed by atoms with van der Waals surface area (Å²) < 4.78 is 7.77. The largest absolute Gasteiger partial charge is 0.494 e. The molecule has 1 atom stereocenters. The quantitative estimate of drug-likeness (QED) is 0.554. The Morgan fingerprint density at radius 2 is 1.94 bits per heavy atom. The first-order valence-electron chi connectivity index (χ1n) is 10.6. The molecule has 7 heteroatoms. The lowest BCUT2D eigenvalue weighted by atomic mass is 9.85. The molecular formula is C24H24N4O2S. The fourth-order valence-corrected chi connectivity index (χ4v) is 4.99. The monoisotopic (exact) mass is 432 g/mol. The molecule has 2 aromatic carbocycles. The number of hydrogen-bond donors (Lipinski definition) is 1. The van der Waals surface area contributed by atoms with Crippen molar-refractivity contribution in [3.63, 3.8) is 0 Å². The van der Waals surface area contributed by atoms with Crippen molar-refractivity contribution in [3.8, 4) is 5.75 Å². The fraction of sp³-hybridized carbons (Fsp3) is 0.292. The van der Waals surface area contributed by atoms with Crippen LogP contribution in [0.1, 0.15) is 43.4 Å². The number of anilines is 1. The van der Waals surface area contributed by atoms with E-state index in [-0.39, 0.29) is 11.8 Å². The Balaban J connectivity index is 1.55. The third-order valence-electron chi connectivity index (χ3n) is 5.57. The highest BCUT2D eigenvalue weighted by molar-refractivity contribution is 7.98. The molecule has 0 fully saturated rings. The van der Waals surface area contributed by atoms with Gasteiger partial charge < -0.3 is 10.1 Å². The summed E-state index contributed by atoms with van der Waals surface area (Å²) in [6.45, 7) is 2.53. The molecule has 0 saturated heterocycles. The van der Waals surface area contributed by atoms with Gasteiger partial charge in [0.05, 0.1) is 6.61 Å². The molecule has 2 heterocycles. The van der Waals surface area contributed by atoms with Crippen LogP contribution in [-0.2, 0) is 10.5 Å². The number of aromatic nitrogens is 3. The number of ketones is 1. The van der Waals surface area contributed by atoms with Crippen LogP contribution >= 0.6 is 11.8 Å². The van der Waals surface area contributed by atoms with E-state index in [2.05, 4.69) is 17.4 Å². The number of rotatable bonds is 6. The van der Waals surface area contributed by atoms with Crippen LogP contribution in [0.25, 0.3) is 0 Å². The number of nitrogens with one attached hydrogen (secondary N) is 1. The van der Waals surface area contributed by atoms with Gasteiger partial charge in [-0.2, -0.15) is 4.98 Å². The van der Waals surface area contributed by atoms with Crippen LogP contribution in [0.4, 0.5) is 5.95 Å². The Bertz CT molecular complexity index is 1140. The topological polar surface area (TPSA) is 69.0 Å². The summed E-state index contributed by atoms with van der Waals surface area (Å²) in [5.41, 5.74) is 3.92. The molecule has 0 unspecified atom stereocenters. The first kappa shape index (κ1) is 19.9. The molecule has 6 nitrogen and oxygen atoms in total. The Morgan fingerprint density at radius 3 is 2.77 bits per heavy atom. The minimum Gasteiger partial charge on any atom is -0.494 e. The molecule has 1 N–H and O–H groups in total. The van der Waals surface area contributed by atoms with Crippen LogP contribution in [0, 0.1) is 0 Å². The van der Waals surface area contributed by atoms with Gasteiger partial charge in [0.2, 0.25) is 11.1 Å². The van der Waals surface area contributed by atoms with E-state index in [1.54, 1.807) is 11.8 Å². The maximum absolute atomic E-state index is 13.0. The van der Waals surface area contributed by atoms with E-state index in [0.717, 1.165) is 41.2 Å². The van der Waals surface area contributed by atoms with E-state index in [1.807, 2.05) is 54.1 Å². The molecule has 0 spiro atoms. The molecular weight excluding hydrogens is 408 g/mol. The lowest BCUT2D eigenvalue weighted by molar-refractivity contribution is -0.116. The number of ether oxygens (including phenoxy) is 1. The van der Waals surface area contributed by atoms with Gasteiger partial charge in [-0.1, -0.05) is 60.3 Å². The molecule has 5 rings (SSSR count). The Hall–Kier alpha value is -3.06. The molecule has 31 heavy (non-hydrogen) atoms. The van der Waals surface area contributed by atoms with E-state index in [1.165, 1.54) is 5.56 Å². The van der Waals surface area contributed by atoms with Gasteiger partial charge in [-0.15, -0.1) is 5.10 Å². The summed E-state index contributed by atoms with van der Waals surface area (Å²) in [4.78, 5) is 17.8. The van der Waals surface area contributed by atoms with E-state index in [4.69, 9.17) is 14.8 Å². The van der Waals surface area contributed by atoms with Crippen LogP contribution in [0.5, 0.6) is 5.75 Å². The smallest absolute Gasteiger partial charge is 0.227 e. The molecule has 3 aromatic rings. The normalized spacial score (nSPS) is 17.7. The first-order chi connectivity index (χ1) is 15.2. The third kappa shape index (κ3) is 3.85. The maximum atomic E-state index is 13.0. The van der Waals surface area contributed by atoms with Crippen molar-refractivity contribution in [2.75, 3.05) is 11.9 Å². The highest BCUT2D eigenvalue weighted by Gasteiger charge is 2.38. The highest BCUT2D eigenvalue weighted by Crippen LogP contribution is 2.43. The standard InChI is InChI=1S/C24H24N4O2S/c1-2-30-20-14-7-6-11-17(20)22-21-18(12-8-13-19(21)29)25-23-26-24(27-28(22)23)31-15-16-9-4-3-5-10-16/h3-7,9-11,14,22H,2,8,12-13,15H2,1H3,(H,25,26,27)/t22-/m0/s1. The van der Waals surface area contributed by atoms with Gasteiger partial charge in [0.1, 0.15) is 11.8 Å². The van der Waals surface area contributed by atoms with Gasteiger partial charge in [-0.25, -0.2) is 4.68 Å². The van der Waals surface area contributed by atoms with Gasteiger partial charge in [-0.3, -0.25) is 4.79 Å². The zero-order valence-electron chi connectivity index (χ0n) is 17.4. The zero-order chi connectivity index (χ0) is 21.2. The van der Waals surface area contributed by atoms with Gasteiger partial charge in [0.15, 0.2) is 5.78 Å². The number of nitrogens with zero attached hydrogens (tertiary/aromatic N) is 3. The van der Waals surface area contributed by atoms with E-state index >= 15 is 0 Å². The molecule has 0 saturated carbocycles. The summed E-state index contributed by atoms with van der Waals surface area (Å²) in [7, 11) is 0. The average molecular weight is 433 g/mol. The summed E-state index contributed by atoms with van der Waals surface area (Å²) in [6.07, 6.45) is 2.26. The van der Waals surface area contributed by atoms with Crippen molar-refractivity contribution in [2.45, 2.75) is 43.1 Å². The van der Waals surface area contributed by atoms with Crippen LogP contribution in [0.2, 0.25) is 0 Å². The lowest BCUT2D eigenvalue weighted by Crippen LogP contribution is -2.31. The average Bonchev–Trinajstić information content (AvgIpc) is 3.20. The summed E-state index contributed by atoms with van der Waals surface area (Å²) in [5, 5.41) is 8.90. The van der Waals surface area contributed by atoms with Crippen LogP contribution < -0.4 is 10.1 Å². The predicted molar refractivity (Wildman–Crippen MR) is 121 cm³/mol. The molecule has 1 aliphatic carbocycles. The predicted octanol–water partition coefficient (Wildman–Crippen LogP) is 4.99. The Kier molecular flexibility index (Phi) is 5.51.